The summed E-state index contributed by atoms with van der Waals surface area (Å²) in [6, 6.07) is 13.0. The van der Waals surface area contributed by atoms with Crippen LogP contribution in [0.4, 0.5) is 5.69 Å². The number of aryl methyl sites for hydroxylation is 1. The highest BCUT2D eigenvalue weighted by Crippen LogP contribution is 2.23. The highest BCUT2D eigenvalue weighted by molar-refractivity contribution is 7.89. The van der Waals surface area contributed by atoms with Crippen LogP contribution in [0.25, 0.3) is 11.5 Å². The molecule has 0 saturated carbocycles. The summed E-state index contributed by atoms with van der Waals surface area (Å²) in [4.78, 5) is 12.7. The number of non-ortho nitro benzene ring substituents is 1. The molecular weight excluding hydrogens is 446 g/mol. The number of hydrogen-bond acceptors (Lipinski definition) is 8. The molecule has 1 aliphatic heterocycles. The Hall–Kier alpha value is -3.15. The maximum atomic E-state index is 13.0. The third-order valence-corrected chi connectivity index (χ3v) is 7.49. The van der Waals surface area contributed by atoms with E-state index in [4.69, 9.17) is 4.42 Å². The van der Waals surface area contributed by atoms with Crippen LogP contribution >= 0.6 is 0 Å². The maximum Gasteiger partial charge on any atom is 0.269 e. The number of hydrogen-bond donors (Lipinski definition) is 0. The van der Waals surface area contributed by atoms with E-state index in [1.807, 2.05) is 12.1 Å². The number of aromatic nitrogens is 2. The average Bonchev–Trinajstić information content (AvgIpc) is 3.28. The van der Waals surface area contributed by atoms with E-state index in [2.05, 4.69) is 22.0 Å². The van der Waals surface area contributed by atoms with Crippen LogP contribution in [-0.4, -0.2) is 58.9 Å². The molecule has 0 spiro atoms. The van der Waals surface area contributed by atoms with E-state index >= 15 is 0 Å². The Bertz CT molecular complexity index is 1200. The van der Waals surface area contributed by atoms with Crippen LogP contribution in [0.3, 0.4) is 0 Å². The van der Waals surface area contributed by atoms with Crippen molar-refractivity contribution in [3.8, 4) is 11.5 Å². The molecule has 0 N–H and O–H groups in total. The van der Waals surface area contributed by atoms with Crippen molar-refractivity contribution < 1.29 is 17.8 Å². The Balaban J connectivity index is 1.34. The van der Waals surface area contributed by atoms with Crippen LogP contribution in [0.2, 0.25) is 0 Å². The summed E-state index contributed by atoms with van der Waals surface area (Å²) in [5, 5.41) is 18.9. The van der Waals surface area contributed by atoms with Gasteiger partial charge in [-0.15, -0.1) is 10.2 Å². The van der Waals surface area contributed by atoms with Gasteiger partial charge in [0.25, 0.3) is 5.69 Å². The van der Waals surface area contributed by atoms with E-state index in [-0.39, 0.29) is 11.6 Å². The van der Waals surface area contributed by atoms with Gasteiger partial charge in [0.2, 0.25) is 21.8 Å². The fraction of sp³-hybridized carbons (Fsp3) is 0.364. The van der Waals surface area contributed by atoms with Crippen molar-refractivity contribution in [3.63, 3.8) is 0 Å². The van der Waals surface area contributed by atoms with Gasteiger partial charge in [-0.05, 0) is 36.2 Å². The van der Waals surface area contributed by atoms with Gasteiger partial charge in [-0.1, -0.05) is 25.5 Å². The normalized spacial score (nSPS) is 15.5. The van der Waals surface area contributed by atoms with Gasteiger partial charge in [0.05, 0.1) is 16.4 Å². The van der Waals surface area contributed by atoms with Crippen molar-refractivity contribution in [1.82, 2.24) is 19.4 Å². The molecule has 174 valence electrons. The van der Waals surface area contributed by atoms with Gasteiger partial charge in [-0.2, -0.15) is 4.31 Å². The molecule has 11 heteroatoms. The fourth-order valence-electron chi connectivity index (χ4n) is 3.74. The zero-order valence-corrected chi connectivity index (χ0v) is 19.1. The highest BCUT2D eigenvalue weighted by Gasteiger charge is 2.29. The summed E-state index contributed by atoms with van der Waals surface area (Å²) >= 11 is 0. The molecule has 2 heterocycles. The molecule has 10 nitrogen and oxygen atoms in total. The van der Waals surface area contributed by atoms with E-state index in [9.17, 15) is 18.5 Å². The lowest BCUT2D eigenvalue weighted by Gasteiger charge is -2.33. The SMILES string of the molecule is CCCc1ccc(S(=O)(=O)N2CCN(Cc3nnc(-c4ccc([N+](=O)[O-])cc4)o3)CC2)cc1. The molecule has 4 rings (SSSR count). The lowest BCUT2D eigenvalue weighted by Crippen LogP contribution is -2.48. The van der Waals surface area contributed by atoms with Crippen molar-refractivity contribution in [2.45, 2.75) is 31.2 Å². The monoisotopic (exact) mass is 471 g/mol. The molecule has 33 heavy (non-hydrogen) atoms. The Morgan fingerprint density at radius 1 is 1.00 bits per heavy atom. The largest absolute Gasteiger partial charge is 0.419 e. The fourth-order valence-corrected chi connectivity index (χ4v) is 5.17. The van der Waals surface area contributed by atoms with Crippen LogP contribution in [0.1, 0.15) is 24.8 Å². The van der Waals surface area contributed by atoms with Crippen LogP contribution in [-0.2, 0) is 23.0 Å². The second kappa shape index (κ2) is 9.77. The lowest BCUT2D eigenvalue weighted by atomic mass is 10.1. The predicted octanol–water partition coefficient (Wildman–Crippen LogP) is 3.10. The van der Waals surface area contributed by atoms with Crippen molar-refractivity contribution in [2.24, 2.45) is 0 Å². The van der Waals surface area contributed by atoms with Gasteiger partial charge in [0.15, 0.2) is 0 Å². The van der Waals surface area contributed by atoms with Crippen molar-refractivity contribution in [3.05, 3.63) is 70.1 Å². The molecule has 1 aliphatic rings. The van der Waals surface area contributed by atoms with E-state index < -0.39 is 14.9 Å². The molecule has 0 unspecified atom stereocenters. The number of benzene rings is 2. The first-order valence-corrected chi connectivity index (χ1v) is 12.2. The number of nitro groups is 1. The summed E-state index contributed by atoms with van der Waals surface area (Å²) in [6.07, 6.45) is 1.95. The number of nitro benzene ring substituents is 1. The lowest BCUT2D eigenvalue weighted by molar-refractivity contribution is -0.384. The standard InChI is InChI=1S/C22H25N5O5S/c1-2-3-17-4-10-20(11-5-17)33(30,31)26-14-12-25(13-15-26)16-21-23-24-22(32-21)18-6-8-19(9-7-18)27(28)29/h4-11H,2-3,12-16H2,1H3. The Kier molecular flexibility index (Phi) is 6.82. The van der Waals surface area contributed by atoms with Crippen molar-refractivity contribution >= 4 is 15.7 Å². The smallest absolute Gasteiger partial charge is 0.269 e. The van der Waals surface area contributed by atoms with E-state index in [0.717, 1.165) is 18.4 Å². The van der Waals surface area contributed by atoms with E-state index in [1.165, 1.54) is 16.4 Å². The van der Waals surface area contributed by atoms with Gasteiger partial charge in [-0.3, -0.25) is 15.0 Å². The third-order valence-electron chi connectivity index (χ3n) is 5.58. The summed E-state index contributed by atoms with van der Waals surface area (Å²) in [5.41, 5.74) is 1.72. The van der Waals surface area contributed by atoms with E-state index in [0.29, 0.717) is 49.1 Å². The molecule has 0 bridgehead atoms. The average molecular weight is 472 g/mol. The Morgan fingerprint density at radius 2 is 1.67 bits per heavy atom. The molecule has 1 aromatic heterocycles. The summed E-state index contributed by atoms with van der Waals surface area (Å²) in [5.74, 6) is 0.693. The number of piperazine rings is 1. The van der Waals surface area contributed by atoms with Crippen molar-refractivity contribution in [2.75, 3.05) is 26.2 Å². The van der Waals surface area contributed by atoms with Gasteiger partial charge in [0.1, 0.15) is 0 Å². The highest BCUT2D eigenvalue weighted by atomic mass is 32.2. The minimum Gasteiger partial charge on any atom is -0.419 e. The Morgan fingerprint density at radius 3 is 2.27 bits per heavy atom. The maximum absolute atomic E-state index is 13.0. The first-order chi connectivity index (χ1) is 15.9. The molecular formula is C22H25N5O5S. The zero-order chi connectivity index (χ0) is 23.4. The molecule has 1 saturated heterocycles. The van der Waals surface area contributed by atoms with Gasteiger partial charge in [0, 0.05) is 43.9 Å². The second-order valence-corrected chi connectivity index (χ2v) is 9.82. The van der Waals surface area contributed by atoms with Gasteiger partial charge in [-0.25, -0.2) is 8.42 Å². The molecule has 0 atom stereocenters. The van der Waals surface area contributed by atoms with Crippen molar-refractivity contribution in [1.29, 1.82) is 0 Å². The van der Waals surface area contributed by atoms with Crippen LogP contribution in [0, 0.1) is 10.1 Å². The van der Waals surface area contributed by atoms with Gasteiger partial charge < -0.3 is 4.42 Å². The van der Waals surface area contributed by atoms with E-state index in [1.54, 1.807) is 24.3 Å². The van der Waals surface area contributed by atoms with Gasteiger partial charge >= 0.3 is 0 Å². The van der Waals surface area contributed by atoms with Crippen LogP contribution < -0.4 is 0 Å². The molecule has 1 fully saturated rings. The molecule has 0 amide bonds. The number of nitrogens with zero attached hydrogens (tertiary/aromatic N) is 5. The summed E-state index contributed by atoms with van der Waals surface area (Å²) in [6.45, 7) is 4.34. The quantitative estimate of drug-likeness (QED) is 0.363. The minimum absolute atomic E-state index is 0.0109. The molecule has 2 aromatic carbocycles. The number of rotatable bonds is 8. The number of sulfonamides is 1. The third kappa shape index (κ3) is 5.27. The minimum atomic E-state index is -3.52. The molecule has 0 radical (unpaired) electrons. The first kappa shape index (κ1) is 23.0. The van der Waals surface area contributed by atoms with Crippen LogP contribution in [0.5, 0.6) is 0 Å². The first-order valence-electron chi connectivity index (χ1n) is 10.8. The van der Waals surface area contributed by atoms with Crippen LogP contribution in [0.15, 0.2) is 57.8 Å². The summed E-state index contributed by atoms with van der Waals surface area (Å²) < 4.78 is 33.2. The zero-order valence-electron chi connectivity index (χ0n) is 18.3. The molecule has 3 aromatic rings. The Labute approximate surface area is 192 Å². The molecule has 0 aliphatic carbocycles. The topological polar surface area (TPSA) is 123 Å². The second-order valence-electron chi connectivity index (χ2n) is 7.88. The summed E-state index contributed by atoms with van der Waals surface area (Å²) in [7, 11) is -3.52. The predicted molar refractivity (Wildman–Crippen MR) is 121 cm³/mol.